The standard InChI is InChI=1S/C22H30N2O3/c1-16-4-7-19(8-5-16)26-15-22(25)23-14-20(21-9-6-18(3)27-21)24-12-10-17(2)11-13-24/h4-9,17,20H,10-15H2,1-3H3,(H,23,25)/t20-/m0/s1. The smallest absolute Gasteiger partial charge is 0.258 e. The van der Waals surface area contributed by atoms with E-state index in [1.807, 2.05) is 50.2 Å². The number of carbonyl (C=O) groups is 1. The van der Waals surface area contributed by atoms with Crippen LogP contribution in [0, 0.1) is 19.8 Å². The fourth-order valence-corrected chi connectivity index (χ4v) is 3.43. The highest BCUT2D eigenvalue weighted by molar-refractivity contribution is 5.77. The molecule has 0 aliphatic carbocycles. The van der Waals surface area contributed by atoms with Crippen LogP contribution in [0.1, 0.15) is 42.9 Å². The van der Waals surface area contributed by atoms with Crippen LogP contribution in [-0.4, -0.2) is 37.0 Å². The Hall–Kier alpha value is -2.27. The van der Waals surface area contributed by atoms with E-state index in [2.05, 4.69) is 17.1 Å². The fraction of sp³-hybridized carbons (Fsp3) is 0.500. The fourth-order valence-electron chi connectivity index (χ4n) is 3.43. The van der Waals surface area contributed by atoms with Crippen LogP contribution in [0.25, 0.3) is 0 Å². The number of furan rings is 1. The summed E-state index contributed by atoms with van der Waals surface area (Å²) in [5.74, 6) is 3.17. The molecule has 1 fully saturated rings. The van der Waals surface area contributed by atoms with Gasteiger partial charge in [-0.25, -0.2) is 0 Å². The molecule has 0 unspecified atom stereocenters. The maximum atomic E-state index is 12.3. The summed E-state index contributed by atoms with van der Waals surface area (Å²) in [5.41, 5.74) is 1.17. The van der Waals surface area contributed by atoms with E-state index >= 15 is 0 Å². The molecule has 2 aromatic rings. The number of piperidine rings is 1. The Bertz CT molecular complexity index is 730. The first-order valence-corrected chi connectivity index (χ1v) is 9.78. The molecule has 1 atom stereocenters. The molecule has 5 nitrogen and oxygen atoms in total. The minimum absolute atomic E-state index is 0.0179. The second-order valence-corrected chi connectivity index (χ2v) is 7.59. The van der Waals surface area contributed by atoms with E-state index in [4.69, 9.17) is 9.15 Å². The maximum Gasteiger partial charge on any atom is 0.258 e. The molecule has 0 saturated carbocycles. The number of rotatable bonds is 7. The van der Waals surface area contributed by atoms with E-state index in [-0.39, 0.29) is 18.6 Å². The molecule has 0 radical (unpaired) electrons. The van der Waals surface area contributed by atoms with Gasteiger partial charge in [0.25, 0.3) is 5.91 Å². The van der Waals surface area contributed by atoms with E-state index in [1.54, 1.807) is 0 Å². The highest BCUT2D eigenvalue weighted by Crippen LogP contribution is 2.27. The average molecular weight is 370 g/mol. The van der Waals surface area contributed by atoms with Gasteiger partial charge in [0.05, 0.1) is 6.04 Å². The Morgan fingerprint density at radius 2 is 1.89 bits per heavy atom. The first-order chi connectivity index (χ1) is 13.0. The van der Waals surface area contributed by atoms with Crippen molar-refractivity contribution in [3.63, 3.8) is 0 Å². The van der Waals surface area contributed by atoms with E-state index in [9.17, 15) is 4.79 Å². The zero-order chi connectivity index (χ0) is 19.2. The van der Waals surface area contributed by atoms with Gasteiger partial charge in [-0.1, -0.05) is 24.6 Å². The number of hydrogen-bond acceptors (Lipinski definition) is 4. The van der Waals surface area contributed by atoms with Gasteiger partial charge in [-0.2, -0.15) is 0 Å². The summed E-state index contributed by atoms with van der Waals surface area (Å²) in [6.07, 6.45) is 2.36. The number of benzene rings is 1. The van der Waals surface area contributed by atoms with Gasteiger partial charge >= 0.3 is 0 Å². The molecule has 0 bridgehead atoms. The highest BCUT2D eigenvalue weighted by atomic mass is 16.5. The third-order valence-corrected chi connectivity index (χ3v) is 5.23. The normalized spacial score (nSPS) is 16.9. The minimum Gasteiger partial charge on any atom is -0.484 e. The van der Waals surface area contributed by atoms with Crippen molar-refractivity contribution in [2.45, 2.75) is 39.7 Å². The largest absolute Gasteiger partial charge is 0.484 e. The molecule has 5 heteroatoms. The van der Waals surface area contributed by atoms with Gasteiger partial charge < -0.3 is 14.5 Å². The van der Waals surface area contributed by atoms with Gasteiger partial charge in [0, 0.05) is 6.54 Å². The lowest BCUT2D eigenvalue weighted by atomic mass is 9.97. The number of nitrogens with one attached hydrogen (secondary N) is 1. The molecule has 27 heavy (non-hydrogen) atoms. The van der Waals surface area contributed by atoms with Crippen molar-refractivity contribution >= 4 is 5.91 Å². The zero-order valence-corrected chi connectivity index (χ0v) is 16.5. The lowest BCUT2D eigenvalue weighted by molar-refractivity contribution is -0.123. The molecule has 1 aromatic heterocycles. The van der Waals surface area contributed by atoms with Crippen molar-refractivity contribution in [2.24, 2.45) is 5.92 Å². The molecule has 1 amide bonds. The van der Waals surface area contributed by atoms with Crippen LogP contribution in [0.2, 0.25) is 0 Å². The summed E-state index contributed by atoms with van der Waals surface area (Å²) < 4.78 is 11.4. The van der Waals surface area contributed by atoms with E-state index in [0.717, 1.165) is 30.5 Å². The van der Waals surface area contributed by atoms with E-state index < -0.39 is 0 Å². The van der Waals surface area contributed by atoms with Crippen molar-refractivity contribution < 1.29 is 13.9 Å². The van der Waals surface area contributed by atoms with Crippen LogP contribution in [0.3, 0.4) is 0 Å². The summed E-state index contributed by atoms with van der Waals surface area (Å²) >= 11 is 0. The predicted molar refractivity (Wildman–Crippen MR) is 106 cm³/mol. The van der Waals surface area contributed by atoms with Gasteiger partial charge in [-0.15, -0.1) is 0 Å². The van der Waals surface area contributed by atoms with E-state index in [0.29, 0.717) is 12.3 Å². The second kappa shape index (κ2) is 9.09. The molecule has 1 aliphatic heterocycles. The van der Waals surface area contributed by atoms with Gasteiger partial charge in [0.15, 0.2) is 6.61 Å². The first kappa shape index (κ1) is 19.5. The monoisotopic (exact) mass is 370 g/mol. The van der Waals surface area contributed by atoms with Gasteiger partial charge in [-0.3, -0.25) is 9.69 Å². The molecule has 1 saturated heterocycles. The number of nitrogens with zero attached hydrogens (tertiary/aromatic N) is 1. The molecular formula is C22H30N2O3. The zero-order valence-electron chi connectivity index (χ0n) is 16.5. The molecule has 1 N–H and O–H groups in total. The summed E-state index contributed by atoms with van der Waals surface area (Å²) in [6, 6.07) is 11.8. The SMILES string of the molecule is Cc1ccc(OCC(=O)NC[C@@H](c2ccc(C)o2)N2CCC(C)CC2)cc1. The molecule has 3 rings (SSSR count). The average Bonchev–Trinajstić information content (AvgIpc) is 3.09. The number of hydrogen-bond donors (Lipinski definition) is 1. The van der Waals surface area contributed by atoms with Crippen LogP contribution in [0.5, 0.6) is 5.75 Å². The summed E-state index contributed by atoms with van der Waals surface area (Å²) in [4.78, 5) is 14.7. The molecule has 1 aliphatic rings. The third-order valence-electron chi connectivity index (χ3n) is 5.23. The predicted octanol–water partition coefficient (Wildman–Crippen LogP) is 3.86. The van der Waals surface area contributed by atoms with Crippen molar-refractivity contribution in [1.82, 2.24) is 10.2 Å². The molecule has 2 heterocycles. The van der Waals surface area contributed by atoms with Crippen molar-refractivity contribution in [3.8, 4) is 5.75 Å². The van der Waals surface area contributed by atoms with Gasteiger partial charge in [0.2, 0.25) is 0 Å². The Kier molecular flexibility index (Phi) is 6.56. The summed E-state index contributed by atoms with van der Waals surface area (Å²) in [5, 5.41) is 3.02. The van der Waals surface area contributed by atoms with Crippen LogP contribution in [0.4, 0.5) is 0 Å². The Morgan fingerprint density at radius 3 is 2.52 bits per heavy atom. The number of likely N-dealkylation sites (tertiary alicyclic amines) is 1. The number of ether oxygens (including phenoxy) is 1. The van der Waals surface area contributed by atoms with Crippen LogP contribution in [0.15, 0.2) is 40.8 Å². The maximum absolute atomic E-state index is 12.3. The number of amides is 1. The molecule has 146 valence electrons. The lowest BCUT2D eigenvalue weighted by Gasteiger charge is -2.35. The van der Waals surface area contributed by atoms with Crippen molar-refractivity contribution in [3.05, 3.63) is 53.5 Å². The van der Waals surface area contributed by atoms with Gasteiger partial charge in [0.1, 0.15) is 17.3 Å². The van der Waals surface area contributed by atoms with E-state index in [1.165, 1.54) is 18.4 Å². The van der Waals surface area contributed by atoms with Crippen LogP contribution < -0.4 is 10.1 Å². The quantitative estimate of drug-likeness (QED) is 0.804. The molecule has 1 aromatic carbocycles. The summed E-state index contributed by atoms with van der Waals surface area (Å²) in [7, 11) is 0. The summed E-state index contributed by atoms with van der Waals surface area (Å²) in [6.45, 7) is 8.87. The number of aryl methyl sites for hydroxylation is 2. The van der Waals surface area contributed by atoms with Crippen LogP contribution >= 0.6 is 0 Å². The topological polar surface area (TPSA) is 54.7 Å². The van der Waals surface area contributed by atoms with Crippen molar-refractivity contribution in [2.75, 3.05) is 26.2 Å². The number of carbonyl (C=O) groups excluding carboxylic acids is 1. The Balaban J connectivity index is 1.55. The van der Waals surface area contributed by atoms with Gasteiger partial charge in [-0.05, 0) is 70.0 Å². The Labute approximate surface area is 161 Å². The molecular weight excluding hydrogens is 340 g/mol. The third kappa shape index (κ3) is 5.60. The second-order valence-electron chi connectivity index (χ2n) is 7.59. The molecule has 0 spiro atoms. The highest BCUT2D eigenvalue weighted by Gasteiger charge is 2.27. The first-order valence-electron chi connectivity index (χ1n) is 9.78. The van der Waals surface area contributed by atoms with Crippen LogP contribution in [-0.2, 0) is 4.79 Å². The lowest BCUT2D eigenvalue weighted by Crippen LogP contribution is -2.42. The minimum atomic E-state index is -0.116. The van der Waals surface area contributed by atoms with Crippen molar-refractivity contribution in [1.29, 1.82) is 0 Å². The Morgan fingerprint density at radius 1 is 1.19 bits per heavy atom.